The number of aliphatic carboxylic acids is 3. The van der Waals surface area contributed by atoms with Crippen LogP contribution < -0.4 is 15.3 Å². The van der Waals surface area contributed by atoms with Crippen LogP contribution in [0.15, 0.2) is 0 Å². The summed E-state index contributed by atoms with van der Waals surface area (Å²) in [6, 6.07) is 0. The van der Waals surface area contributed by atoms with E-state index in [9.17, 15) is 0 Å². The first-order chi connectivity index (χ1) is 6.61. The third kappa shape index (κ3) is 31400. The smallest absolute Gasteiger partial charge is 0.550 e. The van der Waals surface area contributed by atoms with E-state index in [0.717, 1.165) is 20.8 Å². The van der Waals surface area contributed by atoms with Crippen LogP contribution in [0, 0.1) is 41.3 Å². The van der Waals surface area contributed by atoms with Crippen LogP contribution in [0.5, 0.6) is 0 Å². The van der Waals surface area contributed by atoms with Crippen molar-refractivity contribution < 1.29 is 76.1 Å². The van der Waals surface area contributed by atoms with Crippen molar-refractivity contribution in [2.75, 3.05) is 6.61 Å². The molecule has 0 fully saturated rings. The van der Waals surface area contributed by atoms with Gasteiger partial charge in [-0.05, 0) is 27.7 Å². The average molecular weight is 364 g/mol. The fraction of sp³-hybridized carbons (Fsp3) is 0.625. The van der Waals surface area contributed by atoms with Crippen LogP contribution in [0.2, 0.25) is 0 Å². The molecule has 0 heterocycles. The van der Waals surface area contributed by atoms with Crippen molar-refractivity contribution in [3.05, 3.63) is 0 Å². The zero-order valence-corrected chi connectivity index (χ0v) is 13.4. The average Bonchev–Trinajstić information content (AvgIpc) is 1.81. The third-order valence-electron chi connectivity index (χ3n) is 0. The number of hydrogen-bond donors (Lipinski definition) is 1. The Hall–Kier alpha value is -0.266. The van der Waals surface area contributed by atoms with Gasteiger partial charge < -0.3 is 34.8 Å². The first-order valence-corrected chi connectivity index (χ1v) is 3.75. The normalized spacial score (nSPS) is 5.81. The minimum atomic E-state index is -1.08. The van der Waals surface area contributed by atoms with Crippen molar-refractivity contribution in [3.63, 3.8) is 0 Å². The summed E-state index contributed by atoms with van der Waals surface area (Å²) >= 11 is 0. The van der Waals surface area contributed by atoms with Gasteiger partial charge in [0.15, 0.2) is 0 Å². The Morgan fingerprint density at radius 3 is 0.875 bits per heavy atom. The Labute approximate surface area is 127 Å². The van der Waals surface area contributed by atoms with E-state index in [0.29, 0.717) is 0 Å². The maximum absolute atomic E-state index is 8.89. The first kappa shape index (κ1) is 29.6. The summed E-state index contributed by atoms with van der Waals surface area (Å²) in [6.45, 7) is 4.85. The Balaban J connectivity index is -0.0000000331. The van der Waals surface area contributed by atoms with Gasteiger partial charge in [-0.1, -0.05) is 0 Å². The fourth-order valence-electron chi connectivity index (χ4n) is 0. The molecule has 8 heteroatoms. The van der Waals surface area contributed by atoms with Crippen molar-refractivity contribution >= 4 is 17.9 Å². The van der Waals surface area contributed by atoms with Gasteiger partial charge in [0.1, 0.15) is 0 Å². The van der Waals surface area contributed by atoms with E-state index in [4.69, 9.17) is 34.8 Å². The van der Waals surface area contributed by atoms with Gasteiger partial charge in [0.05, 0.1) is 0 Å². The van der Waals surface area contributed by atoms with E-state index >= 15 is 0 Å². The van der Waals surface area contributed by atoms with Gasteiger partial charge in [-0.2, -0.15) is 0 Å². The predicted octanol–water partition coefficient (Wildman–Crippen LogP) is -3.73. The van der Waals surface area contributed by atoms with Crippen LogP contribution in [0.3, 0.4) is 0 Å². The van der Waals surface area contributed by atoms with E-state index in [1.807, 2.05) is 0 Å². The number of carboxylic acid groups (broad SMARTS) is 3. The second-order valence-corrected chi connectivity index (χ2v) is 1.79. The molecule has 0 atom stereocenters. The Kier molecular flexibility index (Phi) is 54.3. The number of aliphatic hydroxyl groups excluding tert-OH is 1. The largest absolute Gasteiger partial charge is 3.00 e. The Bertz CT molecular complexity index is 129. The SMILES string of the molecule is CC(=O)[O-].CC(=O)[O-].CC(=O)[O-].CCO.[Pr+3]. The summed E-state index contributed by atoms with van der Waals surface area (Å²) in [5, 5.41) is 34.2. The molecule has 0 aromatic rings. The molecule has 0 aromatic carbocycles. The van der Waals surface area contributed by atoms with Crippen LogP contribution in [-0.4, -0.2) is 29.6 Å². The molecular formula is C8H15O7Pr. The van der Waals surface area contributed by atoms with Gasteiger partial charge in [-0.15, -0.1) is 0 Å². The zero-order chi connectivity index (χ0) is 13.4. The molecule has 0 radical (unpaired) electrons. The van der Waals surface area contributed by atoms with Crippen LogP contribution in [0.4, 0.5) is 0 Å². The van der Waals surface area contributed by atoms with E-state index in [-0.39, 0.29) is 47.9 Å². The zero-order valence-electron chi connectivity index (χ0n) is 9.68. The van der Waals surface area contributed by atoms with Crippen molar-refractivity contribution in [1.29, 1.82) is 0 Å². The second kappa shape index (κ2) is 29.3. The van der Waals surface area contributed by atoms with E-state index in [1.165, 1.54) is 0 Å². The summed E-state index contributed by atoms with van der Waals surface area (Å²) in [6.07, 6.45) is 0. The summed E-state index contributed by atoms with van der Waals surface area (Å²) < 4.78 is 0. The molecule has 92 valence electrons. The molecule has 0 aromatic heterocycles. The van der Waals surface area contributed by atoms with Crippen LogP contribution in [-0.2, 0) is 14.4 Å². The molecular weight excluding hydrogens is 349 g/mol. The number of aliphatic hydroxyl groups is 1. The number of carbonyl (C=O) groups excluding carboxylic acids is 3. The van der Waals surface area contributed by atoms with Gasteiger partial charge in [-0.25, -0.2) is 0 Å². The Morgan fingerprint density at radius 1 is 0.875 bits per heavy atom. The molecule has 1 N–H and O–H groups in total. The van der Waals surface area contributed by atoms with E-state index in [1.54, 1.807) is 6.92 Å². The van der Waals surface area contributed by atoms with Crippen LogP contribution in [0.25, 0.3) is 0 Å². The molecule has 0 aliphatic heterocycles. The van der Waals surface area contributed by atoms with Crippen molar-refractivity contribution in [2.24, 2.45) is 0 Å². The molecule has 0 bridgehead atoms. The number of carboxylic acids is 3. The van der Waals surface area contributed by atoms with Crippen LogP contribution >= 0.6 is 0 Å². The maximum atomic E-state index is 8.89. The molecule has 0 saturated heterocycles. The molecule has 0 amide bonds. The summed E-state index contributed by atoms with van der Waals surface area (Å²) in [5.74, 6) is -3.25. The van der Waals surface area contributed by atoms with Crippen molar-refractivity contribution in [2.45, 2.75) is 27.7 Å². The standard InChI is InChI=1S/3C2H4O2.C2H6O.Pr/c3*1-2(3)4;1-2-3;/h3*1H3,(H,3,4);3H,2H2,1H3;/q;;;;+3/p-3. The van der Waals surface area contributed by atoms with Crippen molar-refractivity contribution in [3.8, 4) is 0 Å². The van der Waals surface area contributed by atoms with E-state index in [2.05, 4.69) is 0 Å². The van der Waals surface area contributed by atoms with Gasteiger partial charge >= 0.3 is 41.3 Å². The summed E-state index contributed by atoms with van der Waals surface area (Å²) in [4.78, 5) is 26.7. The molecule has 0 spiro atoms. The van der Waals surface area contributed by atoms with E-state index < -0.39 is 17.9 Å². The predicted molar refractivity (Wildman–Crippen MR) is 44.8 cm³/mol. The molecule has 0 saturated carbocycles. The third-order valence-corrected chi connectivity index (χ3v) is 0. The minimum absolute atomic E-state index is 0. The molecule has 7 nitrogen and oxygen atoms in total. The monoisotopic (exact) mass is 364 g/mol. The maximum Gasteiger partial charge on any atom is 3.00 e. The summed E-state index contributed by atoms with van der Waals surface area (Å²) in [7, 11) is 0. The van der Waals surface area contributed by atoms with Gasteiger partial charge in [-0.3, -0.25) is 0 Å². The quantitative estimate of drug-likeness (QED) is 0.466. The van der Waals surface area contributed by atoms with Gasteiger partial charge in [0.2, 0.25) is 0 Å². The minimum Gasteiger partial charge on any atom is -0.550 e. The molecule has 0 aliphatic carbocycles. The molecule has 0 rings (SSSR count). The molecule has 0 aliphatic rings. The Morgan fingerprint density at radius 2 is 0.875 bits per heavy atom. The molecule has 0 unspecified atom stereocenters. The van der Waals surface area contributed by atoms with Gasteiger partial charge in [0.25, 0.3) is 0 Å². The van der Waals surface area contributed by atoms with Gasteiger partial charge in [0, 0.05) is 24.5 Å². The number of rotatable bonds is 0. The van der Waals surface area contributed by atoms with Crippen molar-refractivity contribution in [1.82, 2.24) is 0 Å². The number of carbonyl (C=O) groups is 3. The topological polar surface area (TPSA) is 141 Å². The molecule has 16 heavy (non-hydrogen) atoms. The summed E-state index contributed by atoms with van der Waals surface area (Å²) in [5.41, 5.74) is 0. The first-order valence-electron chi connectivity index (χ1n) is 3.75. The fourth-order valence-corrected chi connectivity index (χ4v) is 0. The number of hydrogen-bond acceptors (Lipinski definition) is 7. The van der Waals surface area contributed by atoms with Crippen LogP contribution in [0.1, 0.15) is 27.7 Å². The second-order valence-electron chi connectivity index (χ2n) is 1.79.